The largest absolute Gasteiger partial charge is 0.478 e. The van der Waals surface area contributed by atoms with Crippen molar-refractivity contribution in [2.75, 3.05) is 0 Å². The third kappa shape index (κ3) is 3.16. The predicted molar refractivity (Wildman–Crippen MR) is 82.0 cm³/mol. The number of benzene rings is 1. The number of carbonyl (C=O) groups excluding carboxylic acids is 1. The van der Waals surface area contributed by atoms with E-state index in [1.807, 2.05) is 32.9 Å². The zero-order valence-electron chi connectivity index (χ0n) is 13.0. The Morgan fingerprint density at radius 1 is 1.23 bits per heavy atom. The van der Waals surface area contributed by atoms with E-state index in [0.717, 1.165) is 16.7 Å². The summed E-state index contributed by atoms with van der Waals surface area (Å²) in [5.74, 6) is -1.62. The van der Waals surface area contributed by atoms with E-state index in [4.69, 9.17) is 5.11 Å². The molecule has 1 aromatic heterocycles. The summed E-state index contributed by atoms with van der Waals surface area (Å²) in [5.41, 5.74) is 3.15. The van der Waals surface area contributed by atoms with Crippen molar-refractivity contribution in [3.63, 3.8) is 0 Å². The lowest BCUT2D eigenvalue weighted by atomic mass is 10.0. The van der Waals surface area contributed by atoms with Crippen LogP contribution in [0.3, 0.4) is 0 Å². The van der Waals surface area contributed by atoms with E-state index in [2.05, 4.69) is 16.5 Å². The van der Waals surface area contributed by atoms with Crippen LogP contribution < -0.4 is 5.32 Å². The average molecular weight is 301 g/mol. The van der Waals surface area contributed by atoms with Gasteiger partial charge in [0, 0.05) is 7.05 Å². The Kier molecular flexibility index (Phi) is 4.30. The van der Waals surface area contributed by atoms with Crippen LogP contribution in [0.5, 0.6) is 0 Å². The second kappa shape index (κ2) is 6.01. The number of amides is 1. The molecule has 0 radical (unpaired) electrons. The Morgan fingerprint density at radius 3 is 2.36 bits per heavy atom. The highest BCUT2D eigenvalue weighted by Crippen LogP contribution is 2.18. The molecule has 0 saturated carbocycles. The zero-order valence-corrected chi connectivity index (χ0v) is 13.0. The lowest BCUT2D eigenvalue weighted by Gasteiger charge is -2.16. The SMILES string of the molecule is Cc1cc(C)cc(C(C)NC(=O)c2c(C(=O)O)cnn2C)c1. The second-order valence-corrected chi connectivity index (χ2v) is 5.45. The van der Waals surface area contributed by atoms with Crippen molar-refractivity contribution >= 4 is 11.9 Å². The lowest BCUT2D eigenvalue weighted by molar-refractivity contribution is 0.0690. The molecule has 1 heterocycles. The first-order valence-electron chi connectivity index (χ1n) is 6.94. The minimum atomic E-state index is -1.17. The summed E-state index contributed by atoms with van der Waals surface area (Å²) < 4.78 is 1.27. The van der Waals surface area contributed by atoms with Gasteiger partial charge in [0.25, 0.3) is 5.91 Å². The highest BCUT2D eigenvalue weighted by Gasteiger charge is 2.23. The molecule has 2 aromatic rings. The Hall–Kier alpha value is -2.63. The molecule has 0 bridgehead atoms. The first-order valence-corrected chi connectivity index (χ1v) is 6.94. The topological polar surface area (TPSA) is 84.2 Å². The first kappa shape index (κ1) is 15.8. The van der Waals surface area contributed by atoms with Crippen LogP contribution in [0.2, 0.25) is 0 Å². The maximum atomic E-state index is 12.4. The van der Waals surface area contributed by atoms with Crippen LogP contribution in [0.1, 0.15) is 50.5 Å². The van der Waals surface area contributed by atoms with Gasteiger partial charge in [0.05, 0.1) is 12.2 Å². The molecule has 1 unspecified atom stereocenters. The third-order valence-corrected chi connectivity index (χ3v) is 3.48. The number of rotatable bonds is 4. The van der Waals surface area contributed by atoms with Crippen LogP contribution in [-0.2, 0) is 7.05 Å². The molecule has 0 spiro atoms. The van der Waals surface area contributed by atoms with Crippen LogP contribution in [0.4, 0.5) is 0 Å². The van der Waals surface area contributed by atoms with Gasteiger partial charge in [0.1, 0.15) is 11.3 Å². The van der Waals surface area contributed by atoms with Gasteiger partial charge >= 0.3 is 5.97 Å². The molecule has 1 atom stereocenters. The number of aromatic carboxylic acids is 1. The maximum absolute atomic E-state index is 12.4. The first-order chi connectivity index (χ1) is 10.3. The predicted octanol–water partition coefficient (Wildman–Crippen LogP) is 2.23. The van der Waals surface area contributed by atoms with Gasteiger partial charge in [-0.3, -0.25) is 9.48 Å². The number of carbonyl (C=O) groups is 2. The maximum Gasteiger partial charge on any atom is 0.339 e. The third-order valence-electron chi connectivity index (χ3n) is 3.48. The molecule has 22 heavy (non-hydrogen) atoms. The van der Waals surface area contributed by atoms with E-state index < -0.39 is 11.9 Å². The fourth-order valence-corrected chi connectivity index (χ4v) is 2.47. The second-order valence-electron chi connectivity index (χ2n) is 5.45. The molecule has 2 rings (SSSR count). The van der Waals surface area contributed by atoms with Gasteiger partial charge in [-0.2, -0.15) is 5.10 Å². The minimum Gasteiger partial charge on any atom is -0.478 e. The summed E-state index contributed by atoms with van der Waals surface area (Å²) >= 11 is 0. The van der Waals surface area contributed by atoms with Crippen LogP contribution in [-0.4, -0.2) is 26.8 Å². The van der Waals surface area contributed by atoms with Crippen LogP contribution in [0.25, 0.3) is 0 Å². The van der Waals surface area contributed by atoms with Crippen molar-refractivity contribution in [1.29, 1.82) is 0 Å². The van der Waals surface area contributed by atoms with E-state index in [1.165, 1.54) is 10.9 Å². The number of nitrogens with zero attached hydrogens (tertiary/aromatic N) is 2. The Bertz CT molecular complexity index is 714. The monoisotopic (exact) mass is 301 g/mol. The van der Waals surface area contributed by atoms with Gasteiger partial charge in [0.2, 0.25) is 0 Å². The van der Waals surface area contributed by atoms with Crippen molar-refractivity contribution in [2.45, 2.75) is 26.8 Å². The van der Waals surface area contributed by atoms with E-state index in [1.54, 1.807) is 7.05 Å². The van der Waals surface area contributed by atoms with Crippen molar-refractivity contribution in [3.05, 3.63) is 52.3 Å². The Morgan fingerprint density at radius 2 is 1.82 bits per heavy atom. The van der Waals surface area contributed by atoms with Crippen molar-refractivity contribution < 1.29 is 14.7 Å². The number of carboxylic acids is 1. The normalized spacial score (nSPS) is 12.0. The van der Waals surface area contributed by atoms with Crippen molar-refractivity contribution in [2.24, 2.45) is 7.05 Å². The molecule has 6 heteroatoms. The zero-order chi connectivity index (χ0) is 16.4. The summed E-state index contributed by atoms with van der Waals surface area (Å²) in [6.07, 6.45) is 1.18. The molecule has 0 saturated heterocycles. The Labute approximate surface area is 128 Å². The average Bonchev–Trinajstić information content (AvgIpc) is 2.79. The smallest absolute Gasteiger partial charge is 0.339 e. The quantitative estimate of drug-likeness (QED) is 0.907. The lowest BCUT2D eigenvalue weighted by Crippen LogP contribution is -2.30. The van der Waals surface area contributed by atoms with Gasteiger partial charge in [-0.15, -0.1) is 0 Å². The molecule has 0 aliphatic rings. The summed E-state index contributed by atoms with van der Waals surface area (Å²) in [7, 11) is 1.54. The summed E-state index contributed by atoms with van der Waals surface area (Å²) in [5, 5.41) is 15.8. The molecule has 1 aromatic carbocycles. The molecule has 0 fully saturated rings. The van der Waals surface area contributed by atoms with Gasteiger partial charge in [-0.05, 0) is 26.3 Å². The molecule has 6 nitrogen and oxygen atoms in total. The summed E-state index contributed by atoms with van der Waals surface area (Å²) in [6.45, 7) is 5.85. The van der Waals surface area contributed by atoms with Gasteiger partial charge in [-0.1, -0.05) is 29.3 Å². The number of aryl methyl sites for hydroxylation is 3. The van der Waals surface area contributed by atoms with Gasteiger partial charge in [0.15, 0.2) is 0 Å². The standard InChI is InChI=1S/C16H19N3O3/c1-9-5-10(2)7-12(6-9)11(3)18-15(20)14-13(16(21)22)8-17-19(14)4/h5-8,11H,1-4H3,(H,18,20)(H,21,22). The molecule has 0 aliphatic heterocycles. The number of hydrogen-bond donors (Lipinski definition) is 2. The number of aromatic nitrogens is 2. The van der Waals surface area contributed by atoms with Crippen molar-refractivity contribution in [1.82, 2.24) is 15.1 Å². The minimum absolute atomic E-state index is 0.0451. The van der Waals surface area contributed by atoms with E-state index in [0.29, 0.717) is 0 Å². The molecule has 0 aliphatic carbocycles. The molecular weight excluding hydrogens is 282 g/mol. The summed E-state index contributed by atoms with van der Waals surface area (Å²) in [6, 6.07) is 5.82. The highest BCUT2D eigenvalue weighted by atomic mass is 16.4. The molecule has 116 valence electrons. The number of carboxylic acid groups (broad SMARTS) is 1. The molecular formula is C16H19N3O3. The van der Waals surface area contributed by atoms with Gasteiger partial charge < -0.3 is 10.4 Å². The van der Waals surface area contributed by atoms with Crippen LogP contribution >= 0.6 is 0 Å². The molecule has 2 N–H and O–H groups in total. The molecule has 1 amide bonds. The summed E-state index contributed by atoms with van der Waals surface area (Å²) in [4.78, 5) is 23.5. The number of nitrogens with one attached hydrogen (secondary N) is 1. The fourth-order valence-electron chi connectivity index (χ4n) is 2.47. The van der Waals surface area contributed by atoms with Crippen molar-refractivity contribution in [3.8, 4) is 0 Å². The number of hydrogen-bond acceptors (Lipinski definition) is 3. The van der Waals surface area contributed by atoms with Crippen LogP contribution in [0.15, 0.2) is 24.4 Å². The van der Waals surface area contributed by atoms with Crippen LogP contribution in [0, 0.1) is 13.8 Å². The van der Waals surface area contributed by atoms with E-state index >= 15 is 0 Å². The van der Waals surface area contributed by atoms with Gasteiger partial charge in [-0.25, -0.2) is 4.79 Å². The Balaban J connectivity index is 2.25. The fraction of sp³-hybridized carbons (Fsp3) is 0.312. The van der Waals surface area contributed by atoms with E-state index in [-0.39, 0.29) is 17.3 Å². The van der Waals surface area contributed by atoms with E-state index in [9.17, 15) is 9.59 Å². The highest BCUT2D eigenvalue weighted by molar-refractivity contribution is 6.03.